The second kappa shape index (κ2) is 7.89. The summed E-state index contributed by atoms with van der Waals surface area (Å²) in [5, 5.41) is 3.84. The number of alkyl halides is 3. The number of carbonyl (C=O) groups excluding carboxylic acids is 1. The lowest BCUT2D eigenvalue weighted by Crippen LogP contribution is -2.33. The number of rotatable bonds is 5. The minimum atomic E-state index is -4.65. The number of nitrogens with zero attached hydrogens (tertiary/aromatic N) is 3. The molecule has 30 heavy (non-hydrogen) atoms. The molecule has 8 nitrogen and oxygen atoms in total. The monoisotopic (exact) mass is 447 g/mol. The molecule has 0 bridgehead atoms. The van der Waals surface area contributed by atoms with Crippen molar-refractivity contribution in [3.8, 4) is 5.75 Å². The van der Waals surface area contributed by atoms with E-state index in [1.54, 1.807) is 6.92 Å². The number of halogens is 3. The van der Waals surface area contributed by atoms with Crippen molar-refractivity contribution in [2.24, 2.45) is 0 Å². The number of likely N-dealkylation sites (tertiary alicyclic amines) is 1. The van der Waals surface area contributed by atoms with E-state index in [4.69, 9.17) is 9.26 Å². The average Bonchev–Trinajstić information content (AvgIpc) is 3.28. The van der Waals surface area contributed by atoms with Gasteiger partial charge in [0.2, 0.25) is 5.89 Å². The molecule has 0 spiro atoms. The number of benzene rings is 1. The first-order valence-corrected chi connectivity index (χ1v) is 10.9. The van der Waals surface area contributed by atoms with Crippen LogP contribution < -0.4 is 4.74 Å². The lowest BCUT2D eigenvalue weighted by Gasteiger charge is -2.22. The zero-order chi connectivity index (χ0) is 22.3. The van der Waals surface area contributed by atoms with Gasteiger partial charge in [-0.3, -0.25) is 4.79 Å². The Morgan fingerprint density at radius 1 is 1.37 bits per heavy atom. The van der Waals surface area contributed by atoms with E-state index < -0.39 is 28.0 Å². The maximum absolute atomic E-state index is 13.1. The lowest BCUT2D eigenvalue weighted by molar-refractivity contribution is -0.189. The van der Waals surface area contributed by atoms with Crippen LogP contribution in [0.4, 0.5) is 13.2 Å². The molecule has 0 N–H and O–H groups in total. The summed E-state index contributed by atoms with van der Waals surface area (Å²) in [6.07, 6.45) is -5.35. The van der Waals surface area contributed by atoms with E-state index in [2.05, 4.69) is 10.1 Å². The lowest BCUT2D eigenvalue weighted by atomic mass is 10.1. The first-order valence-electron chi connectivity index (χ1n) is 9.03. The summed E-state index contributed by atoms with van der Waals surface area (Å²) in [6, 6.07) is 3.23. The first kappa shape index (κ1) is 22.1. The van der Waals surface area contributed by atoms with Crippen molar-refractivity contribution in [1.82, 2.24) is 15.0 Å². The minimum Gasteiger partial charge on any atom is -0.480 e. The summed E-state index contributed by atoms with van der Waals surface area (Å²) in [5.41, 5.74) is -0.251. The fourth-order valence-electron chi connectivity index (χ4n) is 3.07. The van der Waals surface area contributed by atoms with E-state index in [9.17, 15) is 26.4 Å². The van der Waals surface area contributed by atoms with Gasteiger partial charge in [-0.05, 0) is 31.5 Å². The van der Waals surface area contributed by atoms with Crippen molar-refractivity contribution in [2.75, 3.05) is 19.3 Å². The van der Waals surface area contributed by atoms with Crippen LogP contribution in [0.3, 0.4) is 0 Å². The van der Waals surface area contributed by atoms with Gasteiger partial charge in [0.15, 0.2) is 21.8 Å². The van der Waals surface area contributed by atoms with Crippen LogP contribution in [0.1, 0.15) is 41.3 Å². The molecule has 2 atom stereocenters. The van der Waals surface area contributed by atoms with E-state index in [-0.39, 0.29) is 28.7 Å². The molecule has 0 aliphatic carbocycles. The van der Waals surface area contributed by atoms with Crippen LogP contribution in [0.25, 0.3) is 0 Å². The highest BCUT2D eigenvalue weighted by Crippen LogP contribution is 2.32. The SMILES string of the molecule is Cc1nc(C2CCN(C(=O)c3cc(S(C)(=O)=O)ccc3O[C@H](C)C(F)(F)F)C2)no1. The predicted molar refractivity (Wildman–Crippen MR) is 98.0 cm³/mol. The van der Waals surface area contributed by atoms with Gasteiger partial charge in [0, 0.05) is 32.2 Å². The van der Waals surface area contributed by atoms with Gasteiger partial charge in [-0.15, -0.1) is 0 Å². The number of hydrogen-bond acceptors (Lipinski definition) is 7. The summed E-state index contributed by atoms with van der Waals surface area (Å²) >= 11 is 0. The zero-order valence-corrected chi connectivity index (χ0v) is 17.2. The van der Waals surface area contributed by atoms with E-state index in [1.807, 2.05) is 0 Å². The molecular formula is C18H20F3N3O5S. The Bertz CT molecular complexity index is 1050. The Hall–Kier alpha value is -2.63. The van der Waals surface area contributed by atoms with Gasteiger partial charge in [-0.1, -0.05) is 5.16 Å². The molecule has 0 radical (unpaired) electrons. The van der Waals surface area contributed by atoms with Crippen LogP contribution in [-0.2, 0) is 9.84 Å². The van der Waals surface area contributed by atoms with E-state index in [0.717, 1.165) is 31.4 Å². The summed E-state index contributed by atoms with van der Waals surface area (Å²) in [5.74, 6) is -0.339. The van der Waals surface area contributed by atoms with E-state index in [1.165, 1.54) is 4.90 Å². The molecule has 1 aromatic carbocycles. The molecule has 1 aliphatic heterocycles. The number of amides is 1. The number of sulfone groups is 1. The molecule has 1 unspecified atom stereocenters. The fraction of sp³-hybridized carbons (Fsp3) is 0.500. The minimum absolute atomic E-state index is 0.192. The Balaban J connectivity index is 1.90. The Morgan fingerprint density at radius 3 is 2.63 bits per heavy atom. The average molecular weight is 447 g/mol. The second-order valence-electron chi connectivity index (χ2n) is 7.14. The van der Waals surface area contributed by atoms with Gasteiger partial charge >= 0.3 is 6.18 Å². The molecule has 1 fully saturated rings. The number of hydrogen-bond donors (Lipinski definition) is 0. The third kappa shape index (κ3) is 4.74. The molecule has 2 aromatic rings. The summed E-state index contributed by atoms with van der Waals surface area (Å²) in [6.45, 7) is 2.96. The topological polar surface area (TPSA) is 103 Å². The molecule has 12 heteroatoms. The maximum Gasteiger partial charge on any atom is 0.425 e. The normalized spacial score (nSPS) is 18.5. The Morgan fingerprint density at radius 2 is 2.07 bits per heavy atom. The molecule has 1 aliphatic rings. The molecule has 0 saturated carbocycles. The van der Waals surface area contributed by atoms with Crippen LogP contribution in [0, 0.1) is 6.92 Å². The van der Waals surface area contributed by atoms with Gasteiger partial charge in [-0.2, -0.15) is 18.2 Å². The van der Waals surface area contributed by atoms with Crippen LogP contribution in [-0.4, -0.2) is 61.0 Å². The van der Waals surface area contributed by atoms with Crippen molar-refractivity contribution in [2.45, 2.75) is 43.4 Å². The number of ether oxygens (including phenoxy) is 1. The van der Waals surface area contributed by atoms with Crippen LogP contribution in [0.5, 0.6) is 5.75 Å². The summed E-state index contributed by atoms with van der Waals surface area (Å²) in [4.78, 5) is 18.4. The van der Waals surface area contributed by atoms with Crippen molar-refractivity contribution >= 4 is 15.7 Å². The third-order valence-corrected chi connectivity index (χ3v) is 5.87. The predicted octanol–water partition coefficient (Wildman–Crippen LogP) is 2.74. The van der Waals surface area contributed by atoms with E-state index in [0.29, 0.717) is 24.7 Å². The quantitative estimate of drug-likeness (QED) is 0.694. The molecule has 1 saturated heterocycles. The largest absolute Gasteiger partial charge is 0.480 e. The number of aromatic nitrogens is 2. The van der Waals surface area contributed by atoms with Gasteiger partial charge in [0.25, 0.3) is 5.91 Å². The van der Waals surface area contributed by atoms with Gasteiger partial charge < -0.3 is 14.2 Å². The van der Waals surface area contributed by atoms with Crippen LogP contribution in [0.15, 0.2) is 27.6 Å². The third-order valence-electron chi connectivity index (χ3n) is 4.76. The highest BCUT2D eigenvalue weighted by molar-refractivity contribution is 7.90. The highest BCUT2D eigenvalue weighted by atomic mass is 32.2. The van der Waals surface area contributed by atoms with E-state index >= 15 is 0 Å². The summed E-state index contributed by atoms with van der Waals surface area (Å²) in [7, 11) is -3.69. The standard InChI is InChI=1S/C18H20F3N3O5S/c1-10(18(19,20)21)28-15-5-4-13(30(3,26)27)8-14(15)17(25)24-7-6-12(9-24)16-22-11(2)29-23-16/h4-5,8,10,12H,6-7,9H2,1-3H3/t10-,12?/m1/s1. The molecule has 3 rings (SSSR count). The number of carbonyl (C=O) groups is 1. The Labute approximate surface area is 170 Å². The van der Waals surface area contributed by atoms with Crippen molar-refractivity contribution in [3.63, 3.8) is 0 Å². The van der Waals surface area contributed by atoms with Gasteiger partial charge in [-0.25, -0.2) is 8.42 Å². The van der Waals surface area contributed by atoms with Crippen LogP contribution >= 0.6 is 0 Å². The van der Waals surface area contributed by atoms with Crippen molar-refractivity contribution in [1.29, 1.82) is 0 Å². The molecule has 2 heterocycles. The molecule has 164 valence electrons. The second-order valence-corrected chi connectivity index (χ2v) is 9.16. The van der Waals surface area contributed by atoms with Crippen LogP contribution in [0.2, 0.25) is 0 Å². The first-order chi connectivity index (χ1) is 13.9. The Kier molecular flexibility index (Phi) is 5.81. The highest BCUT2D eigenvalue weighted by Gasteiger charge is 2.39. The van der Waals surface area contributed by atoms with Crippen molar-refractivity contribution in [3.05, 3.63) is 35.5 Å². The van der Waals surface area contributed by atoms with Gasteiger partial charge in [0.05, 0.1) is 10.5 Å². The fourth-order valence-corrected chi connectivity index (χ4v) is 3.72. The number of aryl methyl sites for hydroxylation is 1. The van der Waals surface area contributed by atoms with Gasteiger partial charge in [0.1, 0.15) is 5.75 Å². The summed E-state index contributed by atoms with van der Waals surface area (Å²) < 4.78 is 72.5. The maximum atomic E-state index is 13.1. The smallest absolute Gasteiger partial charge is 0.425 e. The molecule has 1 amide bonds. The molecule has 1 aromatic heterocycles. The zero-order valence-electron chi connectivity index (χ0n) is 16.4. The van der Waals surface area contributed by atoms with Crippen molar-refractivity contribution < 1.29 is 35.6 Å². The molecular weight excluding hydrogens is 427 g/mol.